The number of amides is 2. The Kier molecular flexibility index (Phi) is 8.26. The number of likely N-dealkylation sites (tertiary alicyclic amines) is 1. The summed E-state index contributed by atoms with van der Waals surface area (Å²) in [7, 11) is 4.38. The van der Waals surface area contributed by atoms with Gasteiger partial charge in [-0.05, 0) is 25.8 Å². The number of ether oxygens (including phenoxy) is 3. The Balaban J connectivity index is 1.98. The van der Waals surface area contributed by atoms with Crippen molar-refractivity contribution in [3.63, 3.8) is 0 Å². The number of carbonyl (C=O) groups excluding carboxylic acids is 2. The minimum absolute atomic E-state index is 0.0111. The molecule has 1 saturated heterocycles. The van der Waals surface area contributed by atoms with Crippen LogP contribution in [0.2, 0.25) is 0 Å². The predicted octanol–water partition coefficient (Wildman–Crippen LogP) is 2.33. The molecule has 0 aliphatic carbocycles. The van der Waals surface area contributed by atoms with Gasteiger partial charge in [0.05, 0.1) is 26.9 Å². The molecule has 10 heteroatoms. The van der Waals surface area contributed by atoms with Crippen LogP contribution in [0.15, 0.2) is 27.4 Å². The van der Waals surface area contributed by atoms with Crippen LogP contribution in [0.25, 0.3) is 0 Å². The lowest BCUT2D eigenvalue weighted by atomic mass is 9.87. The quantitative estimate of drug-likeness (QED) is 0.580. The van der Waals surface area contributed by atoms with Crippen molar-refractivity contribution >= 4 is 11.8 Å². The second-order valence-corrected chi connectivity index (χ2v) is 8.47. The molecule has 1 aliphatic rings. The second-order valence-electron chi connectivity index (χ2n) is 8.47. The summed E-state index contributed by atoms with van der Waals surface area (Å²) in [5, 5.41) is 13.7. The Morgan fingerprint density at radius 1 is 1.14 bits per heavy atom. The Labute approximate surface area is 203 Å². The Morgan fingerprint density at radius 2 is 1.80 bits per heavy atom. The van der Waals surface area contributed by atoms with Gasteiger partial charge in [-0.1, -0.05) is 6.07 Å². The largest absolute Gasteiger partial charge is 0.507 e. The van der Waals surface area contributed by atoms with Gasteiger partial charge in [-0.25, -0.2) is 4.79 Å². The van der Waals surface area contributed by atoms with Crippen LogP contribution in [-0.4, -0.2) is 62.3 Å². The highest BCUT2D eigenvalue weighted by Gasteiger charge is 2.31. The lowest BCUT2D eigenvalue weighted by molar-refractivity contribution is -0.130. The first kappa shape index (κ1) is 25.9. The van der Waals surface area contributed by atoms with Crippen molar-refractivity contribution in [1.82, 2.24) is 10.2 Å². The highest BCUT2D eigenvalue weighted by Crippen LogP contribution is 2.45. The average molecular weight is 489 g/mol. The van der Waals surface area contributed by atoms with Gasteiger partial charge in [0.2, 0.25) is 17.6 Å². The molecule has 0 bridgehead atoms. The van der Waals surface area contributed by atoms with Gasteiger partial charge in [0.15, 0.2) is 11.5 Å². The normalized spacial score (nSPS) is 14.8. The van der Waals surface area contributed by atoms with Crippen molar-refractivity contribution in [1.29, 1.82) is 0 Å². The first-order valence-electron chi connectivity index (χ1n) is 11.4. The molecule has 1 aliphatic heterocycles. The summed E-state index contributed by atoms with van der Waals surface area (Å²) in [6, 6.07) is 4.55. The van der Waals surface area contributed by atoms with E-state index in [1.54, 1.807) is 24.0 Å². The molecular formula is C25H32N2O8. The summed E-state index contributed by atoms with van der Waals surface area (Å²) >= 11 is 0. The summed E-state index contributed by atoms with van der Waals surface area (Å²) in [4.78, 5) is 39.3. The van der Waals surface area contributed by atoms with Gasteiger partial charge in [-0.15, -0.1) is 0 Å². The number of rotatable bonds is 8. The van der Waals surface area contributed by atoms with Crippen molar-refractivity contribution in [3.8, 4) is 23.0 Å². The zero-order chi connectivity index (χ0) is 25.7. The molecule has 1 fully saturated rings. The van der Waals surface area contributed by atoms with E-state index in [9.17, 15) is 19.5 Å². The van der Waals surface area contributed by atoms with Crippen LogP contribution in [0.5, 0.6) is 23.0 Å². The number of aromatic hydroxyl groups is 1. The molecule has 10 nitrogen and oxygen atoms in total. The topological polar surface area (TPSA) is 128 Å². The van der Waals surface area contributed by atoms with Crippen LogP contribution in [0.3, 0.4) is 0 Å². The Morgan fingerprint density at radius 3 is 2.34 bits per heavy atom. The first-order chi connectivity index (χ1) is 16.7. The van der Waals surface area contributed by atoms with Crippen LogP contribution in [0.4, 0.5) is 0 Å². The fourth-order valence-electron chi connectivity index (χ4n) is 4.50. The van der Waals surface area contributed by atoms with Crippen LogP contribution < -0.4 is 25.2 Å². The van der Waals surface area contributed by atoms with E-state index in [0.717, 1.165) is 0 Å². The molecule has 0 saturated carbocycles. The van der Waals surface area contributed by atoms with Crippen molar-refractivity contribution in [2.75, 3.05) is 34.4 Å². The van der Waals surface area contributed by atoms with Gasteiger partial charge < -0.3 is 34.0 Å². The minimum atomic E-state index is -0.890. The maximum atomic E-state index is 13.1. The second kappa shape index (κ2) is 11.2. The summed E-state index contributed by atoms with van der Waals surface area (Å²) in [5.41, 5.74) is -0.340. The van der Waals surface area contributed by atoms with E-state index >= 15 is 0 Å². The van der Waals surface area contributed by atoms with Crippen molar-refractivity contribution < 1.29 is 33.3 Å². The molecule has 0 radical (unpaired) electrons. The number of benzene rings is 1. The van der Waals surface area contributed by atoms with Crippen LogP contribution in [-0.2, 0) is 9.59 Å². The van der Waals surface area contributed by atoms with E-state index in [-0.39, 0.29) is 47.1 Å². The van der Waals surface area contributed by atoms with Crippen molar-refractivity contribution in [2.24, 2.45) is 0 Å². The van der Waals surface area contributed by atoms with E-state index in [2.05, 4.69) is 5.32 Å². The molecule has 190 valence electrons. The van der Waals surface area contributed by atoms with Gasteiger partial charge in [0, 0.05) is 50.0 Å². The van der Waals surface area contributed by atoms with Gasteiger partial charge in [-0.2, -0.15) is 0 Å². The Bertz CT molecular complexity index is 1140. The number of nitrogens with zero attached hydrogens (tertiary/aromatic N) is 1. The molecule has 3 rings (SSSR count). The molecule has 2 amide bonds. The van der Waals surface area contributed by atoms with Gasteiger partial charge in [0.25, 0.3) is 0 Å². The lowest BCUT2D eigenvalue weighted by Gasteiger charge is -2.32. The summed E-state index contributed by atoms with van der Waals surface area (Å²) in [6.45, 7) is 4.21. The summed E-state index contributed by atoms with van der Waals surface area (Å²) in [6.07, 6.45) is 1.11. The molecule has 2 heterocycles. The lowest BCUT2D eigenvalue weighted by Crippen LogP contribution is -2.46. The Hall–Kier alpha value is -3.69. The summed E-state index contributed by atoms with van der Waals surface area (Å²) in [5.74, 6) is -0.236. The molecule has 1 unspecified atom stereocenters. The van der Waals surface area contributed by atoms with Gasteiger partial charge >= 0.3 is 5.63 Å². The van der Waals surface area contributed by atoms with Gasteiger partial charge in [-0.3, -0.25) is 9.59 Å². The molecular weight excluding hydrogens is 456 g/mol. The van der Waals surface area contributed by atoms with E-state index in [4.69, 9.17) is 18.6 Å². The van der Waals surface area contributed by atoms with Crippen molar-refractivity contribution in [3.05, 3.63) is 45.5 Å². The van der Waals surface area contributed by atoms with E-state index in [0.29, 0.717) is 43.0 Å². The molecule has 0 spiro atoms. The van der Waals surface area contributed by atoms with E-state index < -0.39 is 11.5 Å². The molecule has 1 aromatic heterocycles. The zero-order valence-electron chi connectivity index (χ0n) is 20.7. The maximum Gasteiger partial charge on any atom is 0.343 e. The standard InChI is InChI=1S/C25H32N2O8/c1-14-12-19(29)22(25(31)35-14)18(17-6-7-20(32-3)24(34-5)23(17)33-4)13-21(30)26-16-8-10-27(11-9-16)15(2)28/h6-7,12,16,18,29H,8-11,13H2,1-5H3,(H,26,30). The molecule has 1 atom stereocenters. The fourth-order valence-corrected chi connectivity index (χ4v) is 4.50. The number of nitrogens with one attached hydrogen (secondary N) is 1. The first-order valence-corrected chi connectivity index (χ1v) is 11.4. The highest BCUT2D eigenvalue weighted by atomic mass is 16.5. The van der Waals surface area contributed by atoms with E-state index in [1.807, 2.05) is 0 Å². The number of aryl methyl sites for hydroxylation is 1. The maximum absolute atomic E-state index is 13.1. The smallest absolute Gasteiger partial charge is 0.343 e. The van der Waals surface area contributed by atoms with Crippen LogP contribution >= 0.6 is 0 Å². The SMILES string of the molecule is COc1ccc(C(CC(=O)NC2CCN(C(C)=O)CC2)c2c(O)cc(C)oc2=O)c(OC)c1OC. The number of hydrogen-bond donors (Lipinski definition) is 2. The molecule has 35 heavy (non-hydrogen) atoms. The van der Waals surface area contributed by atoms with E-state index in [1.165, 1.54) is 34.3 Å². The summed E-state index contributed by atoms with van der Waals surface area (Å²) < 4.78 is 21.7. The van der Waals surface area contributed by atoms with Crippen molar-refractivity contribution in [2.45, 2.75) is 45.1 Å². The monoisotopic (exact) mass is 488 g/mol. The molecule has 2 N–H and O–H groups in total. The minimum Gasteiger partial charge on any atom is -0.507 e. The highest BCUT2D eigenvalue weighted by molar-refractivity contribution is 5.79. The van der Waals surface area contributed by atoms with Gasteiger partial charge in [0.1, 0.15) is 11.5 Å². The third-order valence-electron chi connectivity index (χ3n) is 6.24. The predicted molar refractivity (Wildman–Crippen MR) is 127 cm³/mol. The van der Waals surface area contributed by atoms with Crippen LogP contribution in [0.1, 0.15) is 49.0 Å². The molecule has 2 aromatic rings. The zero-order valence-corrected chi connectivity index (χ0v) is 20.7. The number of carbonyl (C=O) groups is 2. The fraction of sp³-hybridized carbons (Fsp3) is 0.480. The third kappa shape index (κ3) is 5.70. The average Bonchev–Trinajstić information content (AvgIpc) is 2.82. The van der Waals surface area contributed by atoms with Crippen LogP contribution in [0, 0.1) is 6.92 Å². The number of hydrogen-bond acceptors (Lipinski definition) is 8. The number of piperidine rings is 1. The molecule has 1 aromatic carbocycles. The number of methoxy groups -OCH3 is 3. The third-order valence-corrected chi connectivity index (χ3v) is 6.24.